The Balaban J connectivity index is 2.28. The molecule has 3 nitrogen and oxygen atoms in total. The van der Waals surface area contributed by atoms with Crippen molar-refractivity contribution in [1.29, 1.82) is 0 Å². The molecule has 21 heavy (non-hydrogen) atoms. The summed E-state index contributed by atoms with van der Waals surface area (Å²) in [5.41, 5.74) is 4.79. The van der Waals surface area contributed by atoms with Crippen molar-refractivity contribution in [2.45, 2.75) is 6.92 Å². The molecule has 0 fully saturated rings. The Labute approximate surface area is 123 Å². The second-order valence-corrected chi connectivity index (χ2v) is 5.37. The fourth-order valence-electron chi connectivity index (χ4n) is 3.06. The van der Waals surface area contributed by atoms with E-state index in [-0.39, 0.29) is 0 Å². The third kappa shape index (κ3) is 1.67. The van der Waals surface area contributed by atoms with Gasteiger partial charge in [-0.25, -0.2) is 4.57 Å². The van der Waals surface area contributed by atoms with E-state index >= 15 is 0 Å². The van der Waals surface area contributed by atoms with Crippen LogP contribution >= 0.6 is 0 Å². The molecule has 3 aromatic heterocycles. The van der Waals surface area contributed by atoms with Crippen molar-refractivity contribution in [2.75, 3.05) is 0 Å². The van der Waals surface area contributed by atoms with Crippen LogP contribution in [0.4, 0.5) is 0 Å². The Hall–Kier alpha value is -2.68. The van der Waals surface area contributed by atoms with Crippen molar-refractivity contribution in [3.63, 3.8) is 0 Å². The third-order valence-electron chi connectivity index (χ3n) is 4.05. The number of para-hydroxylation sites is 1. The molecule has 1 aromatic carbocycles. The van der Waals surface area contributed by atoms with Gasteiger partial charge in [-0.2, -0.15) is 4.57 Å². The van der Waals surface area contributed by atoms with Crippen molar-refractivity contribution in [3.8, 4) is 5.69 Å². The maximum Gasteiger partial charge on any atom is 0.294 e. The highest BCUT2D eigenvalue weighted by atomic mass is 15.1. The van der Waals surface area contributed by atoms with Crippen molar-refractivity contribution < 1.29 is 4.57 Å². The molecule has 0 spiro atoms. The lowest BCUT2D eigenvalue weighted by Crippen LogP contribution is -2.30. The summed E-state index contributed by atoms with van der Waals surface area (Å²) < 4.78 is 4.47. The first kappa shape index (κ1) is 12.1. The number of pyridine rings is 2. The Morgan fingerprint density at radius 2 is 1.86 bits per heavy atom. The lowest BCUT2D eigenvalue weighted by molar-refractivity contribution is -0.647. The number of fused-ring (bicyclic) bond motifs is 3. The number of aromatic nitrogens is 3. The molecule has 102 valence electrons. The minimum atomic E-state index is 1.14. The van der Waals surface area contributed by atoms with E-state index in [1.54, 1.807) is 0 Å². The van der Waals surface area contributed by atoms with E-state index in [4.69, 9.17) is 0 Å². The smallest absolute Gasteiger partial charge is 0.260 e. The van der Waals surface area contributed by atoms with Gasteiger partial charge in [0, 0.05) is 11.6 Å². The minimum absolute atomic E-state index is 1.14. The average molecular weight is 274 g/mol. The highest BCUT2D eigenvalue weighted by Crippen LogP contribution is 2.30. The summed E-state index contributed by atoms with van der Waals surface area (Å²) in [7, 11) is 2.09. The van der Waals surface area contributed by atoms with Gasteiger partial charge in [0.1, 0.15) is 5.69 Å². The Morgan fingerprint density at radius 3 is 2.71 bits per heavy atom. The molecule has 0 atom stereocenters. The van der Waals surface area contributed by atoms with Crippen molar-refractivity contribution in [2.24, 2.45) is 7.05 Å². The van der Waals surface area contributed by atoms with Gasteiger partial charge in [0.25, 0.3) is 5.65 Å². The van der Waals surface area contributed by atoms with E-state index in [0.717, 1.165) is 5.52 Å². The molecule has 0 amide bonds. The fourth-order valence-corrected chi connectivity index (χ4v) is 3.06. The number of aryl methyl sites for hydroxylation is 2. The van der Waals surface area contributed by atoms with Crippen LogP contribution in [0.15, 0.2) is 61.1 Å². The van der Waals surface area contributed by atoms with E-state index < -0.39 is 0 Å². The van der Waals surface area contributed by atoms with Crippen LogP contribution in [0.2, 0.25) is 0 Å². The van der Waals surface area contributed by atoms with Gasteiger partial charge in [0.05, 0.1) is 24.8 Å². The Morgan fingerprint density at radius 1 is 1.00 bits per heavy atom. The van der Waals surface area contributed by atoms with Gasteiger partial charge < -0.3 is 0 Å². The molecular formula is C18H16N3+. The number of hydrogen-bond donors (Lipinski definition) is 0. The first-order chi connectivity index (χ1) is 10.3. The molecule has 4 aromatic rings. The van der Waals surface area contributed by atoms with E-state index in [0.29, 0.717) is 0 Å². The monoisotopic (exact) mass is 274 g/mol. The number of nitrogens with zero attached hydrogens (tertiary/aromatic N) is 3. The van der Waals surface area contributed by atoms with E-state index in [9.17, 15) is 0 Å². The first-order valence-electron chi connectivity index (χ1n) is 7.06. The molecule has 3 heterocycles. The Kier molecular flexibility index (Phi) is 2.54. The highest BCUT2D eigenvalue weighted by Gasteiger charge is 2.22. The molecule has 4 rings (SSSR count). The van der Waals surface area contributed by atoms with Crippen LogP contribution < -0.4 is 4.57 Å². The summed E-state index contributed by atoms with van der Waals surface area (Å²) in [4.78, 5) is 4.32. The van der Waals surface area contributed by atoms with Crippen molar-refractivity contribution in [1.82, 2.24) is 9.55 Å². The molecule has 0 radical (unpaired) electrons. The fraction of sp³-hybridized carbons (Fsp3) is 0.111. The van der Waals surface area contributed by atoms with E-state index in [1.807, 2.05) is 12.4 Å². The molecule has 3 heteroatoms. The maximum absolute atomic E-state index is 4.32. The normalized spacial score (nSPS) is 11.3. The summed E-state index contributed by atoms with van der Waals surface area (Å²) in [5.74, 6) is 0. The summed E-state index contributed by atoms with van der Waals surface area (Å²) >= 11 is 0. The third-order valence-corrected chi connectivity index (χ3v) is 4.05. The number of benzene rings is 1. The summed E-state index contributed by atoms with van der Waals surface area (Å²) in [5, 5.41) is 2.49. The van der Waals surface area contributed by atoms with Gasteiger partial charge in [-0.15, -0.1) is 0 Å². The Bertz CT molecular complexity index is 967. The molecule has 0 unspecified atom stereocenters. The first-order valence-corrected chi connectivity index (χ1v) is 7.06. The van der Waals surface area contributed by atoms with E-state index in [2.05, 4.69) is 76.8 Å². The van der Waals surface area contributed by atoms with Crippen LogP contribution in [-0.2, 0) is 7.05 Å². The zero-order valence-electron chi connectivity index (χ0n) is 12.1. The van der Waals surface area contributed by atoms with Crippen LogP contribution in [0.25, 0.3) is 27.6 Å². The zero-order chi connectivity index (χ0) is 14.4. The predicted molar refractivity (Wildman–Crippen MR) is 84.5 cm³/mol. The molecule has 0 aliphatic carbocycles. The lowest BCUT2D eigenvalue weighted by atomic mass is 10.2. The van der Waals surface area contributed by atoms with Gasteiger partial charge in [0.2, 0.25) is 0 Å². The average Bonchev–Trinajstić information content (AvgIpc) is 2.84. The van der Waals surface area contributed by atoms with Crippen LogP contribution in [0.1, 0.15) is 5.56 Å². The molecule has 0 aliphatic heterocycles. The van der Waals surface area contributed by atoms with Gasteiger partial charge >= 0.3 is 0 Å². The molecule has 0 N–H and O–H groups in total. The van der Waals surface area contributed by atoms with Gasteiger partial charge in [-0.05, 0) is 36.8 Å². The minimum Gasteiger partial charge on any atom is -0.260 e. The van der Waals surface area contributed by atoms with Gasteiger partial charge in [0.15, 0.2) is 5.52 Å². The zero-order valence-corrected chi connectivity index (χ0v) is 12.1. The second-order valence-electron chi connectivity index (χ2n) is 5.37. The molecule has 0 bridgehead atoms. The standard InChI is InChI=1S/C18H16N3/c1-13-6-3-4-8-16(13)21-17-12-19-10-9-14(17)15-7-5-11-20(2)18(15)21/h3-12H,1-2H3/q+1. The SMILES string of the molecule is Cc1ccccc1-n1c2cnccc2c2ccc[n+](C)c21. The quantitative estimate of drug-likeness (QED) is 0.488. The second kappa shape index (κ2) is 4.42. The van der Waals surface area contributed by atoms with Crippen LogP contribution in [0.3, 0.4) is 0 Å². The van der Waals surface area contributed by atoms with Crippen LogP contribution in [-0.4, -0.2) is 9.55 Å². The largest absolute Gasteiger partial charge is 0.294 e. The van der Waals surface area contributed by atoms with E-state index in [1.165, 1.54) is 27.7 Å². The summed E-state index contributed by atoms with van der Waals surface area (Å²) in [6.07, 6.45) is 5.89. The topological polar surface area (TPSA) is 21.7 Å². The highest BCUT2D eigenvalue weighted by molar-refractivity contribution is 6.06. The lowest BCUT2D eigenvalue weighted by Gasteiger charge is -2.04. The molecule has 0 aliphatic rings. The van der Waals surface area contributed by atoms with Crippen LogP contribution in [0, 0.1) is 6.92 Å². The number of rotatable bonds is 1. The molecule has 0 saturated heterocycles. The van der Waals surface area contributed by atoms with Crippen molar-refractivity contribution >= 4 is 21.9 Å². The molecular weight excluding hydrogens is 258 g/mol. The van der Waals surface area contributed by atoms with Crippen LogP contribution in [0.5, 0.6) is 0 Å². The van der Waals surface area contributed by atoms with Gasteiger partial charge in [-0.1, -0.05) is 18.2 Å². The maximum atomic E-state index is 4.32. The molecule has 0 saturated carbocycles. The number of hydrogen-bond acceptors (Lipinski definition) is 1. The summed E-state index contributed by atoms with van der Waals surface area (Å²) in [6.45, 7) is 2.15. The van der Waals surface area contributed by atoms with Crippen molar-refractivity contribution in [3.05, 3.63) is 66.6 Å². The summed E-state index contributed by atoms with van der Waals surface area (Å²) in [6, 6.07) is 14.8. The predicted octanol–water partition coefficient (Wildman–Crippen LogP) is 3.31. The van der Waals surface area contributed by atoms with Gasteiger partial charge in [-0.3, -0.25) is 4.98 Å².